The van der Waals surface area contributed by atoms with Gasteiger partial charge in [-0.15, -0.1) is 0 Å². The number of aldehydes is 1. The van der Waals surface area contributed by atoms with Gasteiger partial charge in [-0.05, 0) is 22.4 Å². The van der Waals surface area contributed by atoms with Crippen molar-refractivity contribution in [3.63, 3.8) is 0 Å². The van der Waals surface area contributed by atoms with E-state index in [1.807, 2.05) is 72.8 Å². The average molecular weight is 417 g/mol. The highest BCUT2D eigenvalue weighted by atomic mass is 28.3. The van der Waals surface area contributed by atoms with Crippen LogP contribution in [0.15, 0.2) is 72.8 Å². The second kappa shape index (κ2) is 7.13. The quantitative estimate of drug-likeness (QED) is 0.393. The van der Waals surface area contributed by atoms with Gasteiger partial charge in [-0.2, -0.15) is 0 Å². The molecule has 0 atom stereocenters. The highest BCUT2D eigenvalue weighted by Crippen LogP contribution is 2.48. The molecule has 0 aromatic heterocycles. The van der Waals surface area contributed by atoms with Crippen molar-refractivity contribution in [2.24, 2.45) is 0 Å². The van der Waals surface area contributed by atoms with Gasteiger partial charge < -0.3 is 9.47 Å². The standard InChI is InChI=1S/C26H28O3Si/c1-25(2,3)30(4,5)24-17-23-22(16-19(24)18-27)28-26(29-23,20-12-8-6-9-13-20)21-14-10-7-11-15-21/h6-18H,1-5H3. The van der Waals surface area contributed by atoms with E-state index in [0.717, 1.165) is 22.6 Å². The SMILES string of the molecule is CC(C)(C)[Si](C)(C)c1cc2c(cc1C=O)OC(c1ccccc1)(c1ccccc1)O2. The van der Waals surface area contributed by atoms with Gasteiger partial charge >= 0.3 is 5.79 Å². The average Bonchev–Trinajstić information content (AvgIpc) is 3.13. The minimum Gasteiger partial charge on any atom is -0.440 e. The number of hydrogen-bond donors (Lipinski definition) is 0. The highest BCUT2D eigenvalue weighted by molar-refractivity contribution is 6.92. The molecule has 0 radical (unpaired) electrons. The third-order valence-corrected chi connectivity index (χ3v) is 12.1. The molecular formula is C26H28O3Si. The zero-order valence-electron chi connectivity index (χ0n) is 18.2. The molecular weight excluding hydrogens is 388 g/mol. The molecule has 0 amide bonds. The van der Waals surface area contributed by atoms with Crippen molar-refractivity contribution < 1.29 is 14.3 Å². The van der Waals surface area contributed by atoms with E-state index in [4.69, 9.17) is 9.47 Å². The van der Waals surface area contributed by atoms with Crippen LogP contribution in [0.2, 0.25) is 18.1 Å². The van der Waals surface area contributed by atoms with Crippen LogP contribution in [0.1, 0.15) is 42.3 Å². The van der Waals surface area contributed by atoms with Crippen LogP contribution in [0.4, 0.5) is 0 Å². The largest absolute Gasteiger partial charge is 0.440 e. The summed E-state index contributed by atoms with van der Waals surface area (Å²) in [6.45, 7) is 11.3. The maximum absolute atomic E-state index is 12.0. The molecule has 4 rings (SSSR count). The lowest BCUT2D eigenvalue weighted by Crippen LogP contribution is -2.50. The molecule has 1 heterocycles. The number of benzene rings is 3. The van der Waals surface area contributed by atoms with E-state index in [9.17, 15) is 4.79 Å². The lowest BCUT2D eigenvalue weighted by atomic mass is 9.97. The fourth-order valence-electron chi connectivity index (χ4n) is 3.83. The Bertz CT molecular complexity index is 1030. The van der Waals surface area contributed by atoms with Gasteiger partial charge in [0.25, 0.3) is 0 Å². The van der Waals surface area contributed by atoms with Gasteiger partial charge in [0, 0.05) is 16.7 Å². The van der Waals surface area contributed by atoms with Crippen molar-refractivity contribution in [3.05, 3.63) is 89.5 Å². The first kappa shape index (κ1) is 20.4. The molecule has 1 aliphatic heterocycles. The molecule has 0 unspecified atom stereocenters. The highest BCUT2D eigenvalue weighted by Gasteiger charge is 2.47. The van der Waals surface area contributed by atoms with Crippen LogP contribution in [0.25, 0.3) is 0 Å². The minimum atomic E-state index is -1.96. The number of carbonyl (C=O) groups is 1. The number of carbonyl (C=O) groups excluding carboxylic acids is 1. The Labute approximate surface area is 179 Å². The second-order valence-corrected chi connectivity index (χ2v) is 14.7. The van der Waals surface area contributed by atoms with Crippen LogP contribution in [0, 0.1) is 0 Å². The summed E-state index contributed by atoms with van der Waals surface area (Å²) in [7, 11) is -1.96. The molecule has 154 valence electrons. The van der Waals surface area contributed by atoms with E-state index in [1.165, 1.54) is 0 Å². The monoisotopic (exact) mass is 416 g/mol. The van der Waals surface area contributed by atoms with Gasteiger partial charge in [0.1, 0.15) is 6.29 Å². The number of hydrogen-bond acceptors (Lipinski definition) is 3. The zero-order valence-corrected chi connectivity index (χ0v) is 19.2. The van der Waals surface area contributed by atoms with Gasteiger partial charge in [0.2, 0.25) is 0 Å². The Morgan fingerprint density at radius 2 is 1.27 bits per heavy atom. The summed E-state index contributed by atoms with van der Waals surface area (Å²) in [5.41, 5.74) is 2.52. The molecule has 0 saturated carbocycles. The molecule has 3 aromatic rings. The van der Waals surface area contributed by atoms with Crippen LogP contribution in [0.3, 0.4) is 0 Å². The van der Waals surface area contributed by atoms with Crippen molar-refractivity contribution in [2.45, 2.75) is 44.7 Å². The van der Waals surface area contributed by atoms with Crippen LogP contribution in [0.5, 0.6) is 11.5 Å². The molecule has 4 heteroatoms. The Kier molecular flexibility index (Phi) is 4.86. The lowest BCUT2D eigenvalue weighted by molar-refractivity contribution is -0.0459. The molecule has 0 spiro atoms. The Balaban J connectivity index is 1.89. The summed E-state index contributed by atoms with van der Waals surface area (Å²) in [6, 6.07) is 23.8. The smallest absolute Gasteiger partial charge is 0.305 e. The molecule has 30 heavy (non-hydrogen) atoms. The van der Waals surface area contributed by atoms with Crippen LogP contribution < -0.4 is 14.7 Å². The predicted molar refractivity (Wildman–Crippen MR) is 124 cm³/mol. The first-order chi connectivity index (χ1) is 14.2. The molecule has 0 saturated heterocycles. The van der Waals surface area contributed by atoms with E-state index in [-0.39, 0.29) is 5.04 Å². The number of ether oxygens (including phenoxy) is 2. The number of fused-ring (bicyclic) bond motifs is 1. The van der Waals surface area contributed by atoms with Gasteiger partial charge in [0.15, 0.2) is 11.5 Å². The van der Waals surface area contributed by atoms with Gasteiger partial charge in [-0.25, -0.2) is 0 Å². The lowest BCUT2D eigenvalue weighted by Gasteiger charge is -2.38. The molecule has 3 nitrogen and oxygen atoms in total. The predicted octanol–water partition coefficient (Wildman–Crippen LogP) is 5.89. The molecule has 3 aromatic carbocycles. The zero-order chi connectivity index (χ0) is 21.6. The summed E-state index contributed by atoms with van der Waals surface area (Å²) in [4.78, 5) is 12.0. The number of rotatable bonds is 4. The van der Waals surface area contributed by atoms with Gasteiger partial charge in [0.05, 0.1) is 8.07 Å². The molecule has 1 aliphatic rings. The fraction of sp³-hybridized carbons (Fsp3) is 0.269. The summed E-state index contributed by atoms with van der Waals surface area (Å²) in [6.07, 6.45) is 0.949. The third kappa shape index (κ3) is 3.16. The van der Waals surface area contributed by atoms with Gasteiger partial charge in [-0.1, -0.05) is 94.5 Å². The second-order valence-electron chi connectivity index (χ2n) is 9.43. The molecule has 0 fully saturated rings. The van der Waals surface area contributed by atoms with E-state index >= 15 is 0 Å². The maximum Gasteiger partial charge on any atom is 0.305 e. The van der Waals surface area contributed by atoms with E-state index in [2.05, 4.69) is 33.9 Å². The normalized spacial score (nSPS) is 15.1. The Morgan fingerprint density at radius 3 is 1.70 bits per heavy atom. The first-order valence-corrected chi connectivity index (χ1v) is 13.3. The maximum atomic E-state index is 12.0. The summed E-state index contributed by atoms with van der Waals surface area (Å²) in [5, 5.41) is 1.19. The van der Waals surface area contributed by atoms with Crippen LogP contribution in [-0.2, 0) is 5.79 Å². The van der Waals surface area contributed by atoms with Crippen molar-refractivity contribution >= 4 is 19.5 Å². The topological polar surface area (TPSA) is 35.5 Å². The van der Waals surface area contributed by atoms with Crippen molar-refractivity contribution in [2.75, 3.05) is 0 Å². The third-order valence-electron chi connectivity index (χ3n) is 6.61. The van der Waals surface area contributed by atoms with Gasteiger partial charge in [-0.3, -0.25) is 4.79 Å². The Hall–Kier alpha value is -2.85. The summed E-state index contributed by atoms with van der Waals surface area (Å²) < 4.78 is 13.1. The first-order valence-electron chi connectivity index (χ1n) is 10.3. The molecule has 0 bridgehead atoms. The van der Waals surface area contributed by atoms with Crippen molar-refractivity contribution in [1.82, 2.24) is 0 Å². The van der Waals surface area contributed by atoms with Crippen LogP contribution >= 0.6 is 0 Å². The van der Waals surface area contributed by atoms with Crippen molar-refractivity contribution in [1.29, 1.82) is 0 Å². The fourth-order valence-corrected chi connectivity index (χ4v) is 5.98. The molecule has 0 N–H and O–H groups in total. The summed E-state index contributed by atoms with van der Waals surface area (Å²) >= 11 is 0. The van der Waals surface area contributed by atoms with Crippen molar-refractivity contribution in [3.8, 4) is 11.5 Å². The van der Waals surface area contributed by atoms with E-state index in [0.29, 0.717) is 17.1 Å². The minimum absolute atomic E-state index is 0.0917. The Morgan fingerprint density at radius 1 is 0.800 bits per heavy atom. The molecule has 0 aliphatic carbocycles. The van der Waals surface area contributed by atoms with E-state index < -0.39 is 13.9 Å². The van der Waals surface area contributed by atoms with E-state index in [1.54, 1.807) is 0 Å². The summed E-state index contributed by atoms with van der Waals surface area (Å²) in [5.74, 6) is 0.220. The van der Waals surface area contributed by atoms with Crippen LogP contribution in [-0.4, -0.2) is 14.4 Å².